The largest absolute Gasteiger partial charge is 0.481 e. The zero-order valence-electron chi connectivity index (χ0n) is 11.0. The Kier molecular flexibility index (Phi) is 8.75. The van der Waals surface area contributed by atoms with Crippen LogP contribution in [0.25, 0.3) is 0 Å². The molecule has 1 rings (SSSR count). The van der Waals surface area contributed by atoms with Crippen LogP contribution in [0.15, 0.2) is 0 Å². The molecule has 1 aliphatic heterocycles. The minimum absolute atomic E-state index is 0.337. The van der Waals surface area contributed by atoms with Crippen molar-refractivity contribution in [2.45, 2.75) is 12.8 Å². The first-order valence-corrected chi connectivity index (χ1v) is 6.86. The fourth-order valence-corrected chi connectivity index (χ4v) is 1.90. The highest BCUT2D eigenvalue weighted by Gasteiger charge is 2.15. The van der Waals surface area contributed by atoms with Gasteiger partial charge in [0.1, 0.15) is 0 Å². The number of hydrogen-bond acceptors (Lipinski definition) is 5. The van der Waals surface area contributed by atoms with Crippen molar-refractivity contribution in [2.75, 3.05) is 52.4 Å². The van der Waals surface area contributed by atoms with Gasteiger partial charge in [-0.1, -0.05) is 0 Å². The van der Waals surface area contributed by atoms with Crippen molar-refractivity contribution in [1.29, 1.82) is 0 Å². The second-order valence-corrected chi connectivity index (χ2v) is 4.65. The summed E-state index contributed by atoms with van der Waals surface area (Å²) >= 11 is 0. The van der Waals surface area contributed by atoms with E-state index in [1.807, 2.05) is 0 Å². The maximum Gasteiger partial charge on any atom is 0.309 e. The number of nitrogens with one attached hydrogen (secondary N) is 4. The zero-order valence-corrected chi connectivity index (χ0v) is 11.0. The summed E-state index contributed by atoms with van der Waals surface area (Å²) < 4.78 is 0. The molecule has 0 aromatic rings. The van der Waals surface area contributed by atoms with Gasteiger partial charge in [0.25, 0.3) is 0 Å². The van der Waals surface area contributed by atoms with Crippen LogP contribution in [0.5, 0.6) is 0 Å². The van der Waals surface area contributed by atoms with Gasteiger partial charge >= 0.3 is 5.97 Å². The van der Waals surface area contributed by atoms with E-state index in [2.05, 4.69) is 21.3 Å². The third kappa shape index (κ3) is 7.60. The molecule has 0 radical (unpaired) electrons. The van der Waals surface area contributed by atoms with Gasteiger partial charge in [-0.25, -0.2) is 0 Å². The Morgan fingerprint density at radius 2 is 1.22 bits per heavy atom. The second kappa shape index (κ2) is 10.3. The van der Waals surface area contributed by atoms with Crippen LogP contribution in [0.2, 0.25) is 0 Å². The van der Waals surface area contributed by atoms with Crippen molar-refractivity contribution in [1.82, 2.24) is 21.3 Å². The van der Waals surface area contributed by atoms with Crippen LogP contribution in [-0.2, 0) is 4.79 Å². The number of carboxylic acids is 1. The Bertz CT molecular complexity index is 210. The molecule has 0 bridgehead atoms. The van der Waals surface area contributed by atoms with Gasteiger partial charge in [-0.3, -0.25) is 4.79 Å². The monoisotopic (exact) mass is 258 g/mol. The molecule has 0 aromatic heterocycles. The highest BCUT2D eigenvalue weighted by molar-refractivity contribution is 5.70. The summed E-state index contributed by atoms with van der Waals surface area (Å²) in [5.41, 5.74) is 0. The summed E-state index contributed by atoms with van der Waals surface area (Å²) in [6.07, 6.45) is 2.06. The maximum absolute atomic E-state index is 11.0. The van der Waals surface area contributed by atoms with Gasteiger partial charge in [-0.15, -0.1) is 0 Å². The van der Waals surface area contributed by atoms with Crippen molar-refractivity contribution in [3.05, 3.63) is 0 Å². The zero-order chi connectivity index (χ0) is 13.1. The molecule has 0 aliphatic carbocycles. The van der Waals surface area contributed by atoms with Crippen molar-refractivity contribution in [2.24, 2.45) is 5.92 Å². The van der Waals surface area contributed by atoms with Gasteiger partial charge in [0, 0.05) is 26.2 Å². The highest BCUT2D eigenvalue weighted by Crippen LogP contribution is 1.93. The minimum Gasteiger partial charge on any atom is -0.481 e. The molecule has 0 atom stereocenters. The first kappa shape index (κ1) is 15.4. The lowest BCUT2D eigenvalue weighted by Gasteiger charge is -2.14. The van der Waals surface area contributed by atoms with Crippen molar-refractivity contribution < 1.29 is 9.90 Å². The number of carbonyl (C=O) groups is 1. The summed E-state index contributed by atoms with van der Waals surface area (Å²) in [5, 5.41) is 22.2. The quantitative estimate of drug-likeness (QED) is 0.408. The molecule has 0 amide bonds. The van der Waals surface area contributed by atoms with Crippen molar-refractivity contribution >= 4 is 5.97 Å². The van der Waals surface area contributed by atoms with E-state index in [0.29, 0.717) is 13.1 Å². The van der Waals surface area contributed by atoms with Gasteiger partial charge in [0.2, 0.25) is 0 Å². The lowest BCUT2D eigenvalue weighted by molar-refractivity contribution is -0.141. The Morgan fingerprint density at radius 1 is 0.778 bits per heavy atom. The molecule has 1 heterocycles. The predicted octanol–water partition coefficient (Wildman–Crippen LogP) is -1.16. The molecule has 18 heavy (non-hydrogen) atoms. The molecule has 0 saturated carbocycles. The lowest BCUT2D eigenvalue weighted by atomic mass is 10.1. The first-order valence-electron chi connectivity index (χ1n) is 6.86. The van der Waals surface area contributed by atoms with Gasteiger partial charge < -0.3 is 26.4 Å². The number of aliphatic carboxylic acids is 1. The SMILES string of the molecule is O=C(O)C1CNCCCNCCNCCCNC1. The Hall–Kier alpha value is -0.690. The molecule has 0 aromatic carbocycles. The molecule has 1 fully saturated rings. The lowest BCUT2D eigenvalue weighted by Crippen LogP contribution is -2.37. The van der Waals surface area contributed by atoms with Crippen LogP contribution in [0.3, 0.4) is 0 Å². The Balaban J connectivity index is 2.26. The van der Waals surface area contributed by atoms with Crippen LogP contribution in [0.1, 0.15) is 12.8 Å². The smallest absolute Gasteiger partial charge is 0.309 e. The second-order valence-electron chi connectivity index (χ2n) is 4.65. The van der Waals surface area contributed by atoms with E-state index in [0.717, 1.165) is 52.1 Å². The van der Waals surface area contributed by atoms with E-state index in [1.165, 1.54) is 0 Å². The molecule has 106 valence electrons. The molecule has 1 saturated heterocycles. The van der Waals surface area contributed by atoms with E-state index < -0.39 is 5.97 Å². The highest BCUT2D eigenvalue weighted by atomic mass is 16.4. The van der Waals surface area contributed by atoms with Gasteiger partial charge in [0.15, 0.2) is 0 Å². The standard InChI is InChI=1S/C12H26N4O2/c17-12(18)11-9-15-5-1-3-13-7-8-14-4-2-6-16-10-11/h11,13-16H,1-10H2,(H,17,18). The van der Waals surface area contributed by atoms with E-state index in [9.17, 15) is 4.79 Å². The summed E-state index contributed by atoms with van der Waals surface area (Å²) in [7, 11) is 0. The number of hydrogen-bond donors (Lipinski definition) is 5. The number of rotatable bonds is 1. The van der Waals surface area contributed by atoms with E-state index in [4.69, 9.17) is 5.11 Å². The molecule has 6 heteroatoms. The molecule has 0 spiro atoms. The average molecular weight is 258 g/mol. The first-order chi connectivity index (χ1) is 8.80. The van der Waals surface area contributed by atoms with E-state index in [-0.39, 0.29) is 5.92 Å². The topological polar surface area (TPSA) is 85.4 Å². The van der Waals surface area contributed by atoms with Crippen molar-refractivity contribution in [3.63, 3.8) is 0 Å². The van der Waals surface area contributed by atoms with E-state index in [1.54, 1.807) is 0 Å². The summed E-state index contributed by atoms with van der Waals surface area (Å²) in [4.78, 5) is 11.0. The third-order valence-electron chi connectivity index (χ3n) is 3.02. The minimum atomic E-state index is -0.726. The Labute approximate surface area is 109 Å². The normalized spacial score (nSPS) is 22.9. The summed E-state index contributed by atoms with van der Waals surface area (Å²) in [6.45, 7) is 6.75. The number of carboxylic acid groups (broad SMARTS) is 1. The average Bonchev–Trinajstić information content (AvgIpc) is 2.36. The maximum atomic E-state index is 11.0. The van der Waals surface area contributed by atoms with Crippen LogP contribution < -0.4 is 21.3 Å². The van der Waals surface area contributed by atoms with Gasteiger partial charge in [0.05, 0.1) is 5.92 Å². The van der Waals surface area contributed by atoms with Crippen LogP contribution in [-0.4, -0.2) is 63.4 Å². The summed E-state index contributed by atoms with van der Waals surface area (Å²) in [5.74, 6) is -1.06. The van der Waals surface area contributed by atoms with E-state index >= 15 is 0 Å². The Morgan fingerprint density at radius 3 is 1.67 bits per heavy atom. The molecule has 1 aliphatic rings. The molecule has 0 unspecified atom stereocenters. The third-order valence-corrected chi connectivity index (χ3v) is 3.02. The van der Waals surface area contributed by atoms with Crippen LogP contribution >= 0.6 is 0 Å². The van der Waals surface area contributed by atoms with Gasteiger partial charge in [-0.2, -0.15) is 0 Å². The molecular formula is C12H26N4O2. The molecule has 6 nitrogen and oxygen atoms in total. The molecular weight excluding hydrogens is 232 g/mol. The summed E-state index contributed by atoms with van der Waals surface area (Å²) in [6, 6.07) is 0. The predicted molar refractivity (Wildman–Crippen MR) is 71.8 cm³/mol. The van der Waals surface area contributed by atoms with Crippen molar-refractivity contribution in [3.8, 4) is 0 Å². The fraction of sp³-hybridized carbons (Fsp3) is 0.917. The van der Waals surface area contributed by atoms with Gasteiger partial charge in [-0.05, 0) is 39.0 Å². The fourth-order valence-electron chi connectivity index (χ4n) is 1.90. The van der Waals surface area contributed by atoms with Crippen LogP contribution in [0, 0.1) is 5.92 Å². The van der Waals surface area contributed by atoms with Crippen LogP contribution in [0.4, 0.5) is 0 Å². The molecule has 5 N–H and O–H groups in total.